The molecule has 142 valence electrons. The molecule has 27 heavy (non-hydrogen) atoms. The lowest BCUT2D eigenvalue weighted by atomic mass is 10.2. The third-order valence-electron chi connectivity index (χ3n) is 4.83. The molecule has 0 spiro atoms. The van der Waals surface area contributed by atoms with Crippen LogP contribution in [0.3, 0.4) is 0 Å². The maximum atomic E-state index is 9.57. The highest BCUT2D eigenvalue weighted by molar-refractivity contribution is 5.44. The van der Waals surface area contributed by atoms with Gasteiger partial charge in [-0.2, -0.15) is 20.1 Å². The highest BCUT2D eigenvalue weighted by atomic mass is 16.3. The molecule has 2 aliphatic rings. The minimum Gasteiger partial charge on any atom is -0.504 e. The minimum absolute atomic E-state index is 0.154. The summed E-state index contributed by atoms with van der Waals surface area (Å²) in [6, 6.07) is 4.58. The summed E-state index contributed by atoms with van der Waals surface area (Å²) in [7, 11) is 0. The highest BCUT2D eigenvalue weighted by Crippen LogP contribution is 2.26. The van der Waals surface area contributed by atoms with Crippen LogP contribution in [0.1, 0.15) is 31.2 Å². The number of phenols is 2. The van der Waals surface area contributed by atoms with E-state index in [1.165, 1.54) is 12.1 Å². The molecule has 1 aromatic heterocycles. The minimum atomic E-state index is -0.171. The quantitative estimate of drug-likeness (QED) is 0.616. The van der Waals surface area contributed by atoms with Gasteiger partial charge in [-0.15, -0.1) is 5.11 Å². The number of benzene rings is 1. The molecule has 1 aromatic carbocycles. The van der Waals surface area contributed by atoms with Gasteiger partial charge in [-0.3, -0.25) is 0 Å². The van der Waals surface area contributed by atoms with E-state index in [-0.39, 0.29) is 18.0 Å². The van der Waals surface area contributed by atoms with E-state index in [2.05, 4.69) is 35.0 Å². The van der Waals surface area contributed by atoms with Crippen molar-refractivity contribution in [2.24, 2.45) is 10.2 Å². The van der Waals surface area contributed by atoms with E-state index in [1.54, 1.807) is 6.07 Å². The third-order valence-corrected chi connectivity index (χ3v) is 4.83. The molecule has 2 saturated heterocycles. The molecule has 0 unspecified atom stereocenters. The smallest absolute Gasteiger partial charge is 0.275 e. The Labute approximate surface area is 157 Å². The summed E-state index contributed by atoms with van der Waals surface area (Å²) in [5.41, 5.74) is 0.739. The largest absolute Gasteiger partial charge is 0.504 e. The Morgan fingerprint density at radius 3 is 1.96 bits per heavy atom. The van der Waals surface area contributed by atoms with E-state index in [9.17, 15) is 10.2 Å². The fourth-order valence-corrected chi connectivity index (χ4v) is 3.35. The molecule has 2 aromatic rings. The lowest BCUT2D eigenvalue weighted by molar-refractivity contribution is 0.403. The van der Waals surface area contributed by atoms with Crippen molar-refractivity contribution in [2.75, 3.05) is 36.0 Å². The number of aromatic nitrogens is 3. The number of azo groups is 1. The predicted octanol–water partition coefficient (Wildman–Crippen LogP) is 2.77. The second-order valence-corrected chi connectivity index (χ2v) is 6.85. The van der Waals surface area contributed by atoms with Gasteiger partial charge < -0.3 is 20.0 Å². The van der Waals surface area contributed by atoms with E-state index in [1.807, 2.05) is 0 Å². The van der Waals surface area contributed by atoms with Gasteiger partial charge in [0, 0.05) is 26.2 Å². The molecule has 0 aliphatic carbocycles. The second-order valence-electron chi connectivity index (χ2n) is 6.85. The standard InChI is InChI=1S/C18H23N7O2/c26-14-6-5-13(11-15(14)27)12-19-23-16-20-17(24-7-1-2-8-24)22-18(21-16)25-9-3-4-10-25/h5-6,11,26-27H,1-4,7-10,12H2. The molecule has 0 radical (unpaired) electrons. The van der Waals surface area contributed by atoms with Crippen LogP contribution in [0.4, 0.5) is 17.8 Å². The molecule has 0 saturated carbocycles. The number of rotatable bonds is 5. The van der Waals surface area contributed by atoms with Crippen molar-refractivity contribution in [1.82, 2.24) is 15.0 Å². The molecule has 9 heteroatoms. The van der Waals surface area contributed by atoms with Gasteiger partial charge in [0.05, 0.1) is 6.54 Å². The van der Waals surface area contributed by atoms with E-state index >= 15 is 0 Å². The summed E-state index contributed by atoms with van der Waals surface area (Å²) in [6.07, 6.45) is 4.58. The van der Waals surface area contributed by atoms with Gasteiger partial charge in [0.2, 0.25) is 11.9 Å². The number of hydrogen-bond donors (Lipinski definition) is 2. The van der Waals surface area contributed by atoms with Crippen molar-refractivity contribution in [3.8, 4) is 11.5 Å². The zero-order chi connectivity index (χ0) is 18.6. The normalized spacial score (nSPS) is 17.3. The summed E-state index contributed by atoms with van der Waals surface area (Å²) >= 11 is 0. The van der Waals surface area contributed by atoms with Gasteiger partial charge in [0.15, 0.2) is 11.5 Å². The molecule has 2 fully saturated rings. The van der Waals surface area contributed by atoms with Crippen LogP contribution in [-0.2, 0) is 6.54 Å². The summed E-state index contributed by atoms with van der Waals surface area (Å²) in [5, 5.41) is 27.3. The fraction of sp³-hybridized carbons (Fsp3) is 0.500. The summed E-state index contributed by atoms with van der Waals surface area (Å²) in [5.74, 6) is 1.31. The first kappa shape index (κ1) is 17.4. The van der Waals surface area contributed by atoms with Crippen LogP contribution >= 0.6 is 0 Å². The number of aromatic hydroxyl groups is 2. The third kappa shape index (κ3) is 4.07. The van der Waals surface area contributed by atoms with E-state index in [0.29, 0.717) is 17.8 Å². The molecule has 0 bridgehead atoms. The van der Waals surface area contributed by atoms with E-state index < -0.39 is 0 Å². The molecular weight excluding hydrogens is 346 g/mol. The topological polar surface area (TPSA) is 110 Å². The van der Waals surface area contributed by atoms with Crippen LogP contribution in [-0.4, -0.2) is 51.3 Å². The van der Waals surface area contributed by atoms with Crippen LogP contribution in [0.5, 0.6) is 11.5 Å². The summed E-state index contributed by atoms with van der Waals surface area (Å²) in [4.78, 5) is 17.9. The lowest BCUT2D eigenvalue weighted by Gasteiger charge is -2.19. The first-order valence-corrected chi connectivity index (χ1v) is 9.33. The predicted molar refractivity (Wildman–Crippen MR) is 101 cm³/mol. The van der Waals surface area contributed by atoms with Gasteiger partial charge in [-0.1, -0.05) is 6.07 Å². The lowest BCUT2D eigenvalue weighted by Crippen LogP contribution is -2.25. The average molecular weight is 369 g/mol. The number of hydrogen-bond acceptors (Lipinski definition) is 9. The van der Waals surface area contributed by atoms with Crippen molar-refractivity contribution in [2.45, 2.75) is 32.2 Å². The van der Waals surface area contributed by atoms with Crippen LogP contribution in [0, 0.1) is 0 Å². The fourth-order valence-electron chi connectivity index (χ4n) is 3.35. The Bertz CT molecular complexity index is 796. The molecular formula is C18H23N7O2. The number of nitrogens with zero attached hydrogens (tertiary/aromatic N) is 7. The number of anilines is 2. The van der Waals surface area contributed by atoms with Gasteiger partial charge in [0.1, 0.15) is 0 Å². The van der Waals surface area contributed by atoms with Crippen LogP contribution in [0.15, 0.2) is 28.4 Å². The van der Waals surface area contributed by atoms with Crippen molar-refractivity contribution < 1.29 is 10.2 Å². The van der Waals surface area contributed by atoms with Crippen molar-refractivity contribution in [1.29, 1.82) is 0 Å². The first-order valence-electron chi connectivity index (χ1n) is 9.33. The average Bonchev–Trinajstić information content (AvgIpc) is 3.38. The van der Waals surface area contributed by atoms with Gasteiger partial charge in [-0.05, 0) is 43.4 Å². The number of phenolic OH excluding ortho intramolecular Hbond substituents is 2. The molecule has 2 aliphatic heterocycles. The van der Waals surface area contributed by atoms with Gasteiger partial charge in [-0.25, -0.2) is 0 Å². The van der Waals surface area contributed by atoms with Crippen LogP contribution < -0.4 is 9.80 Å². The van der Waals surface area contributed by atoms with Crippen molar-refractivity contribution in [3.05, 3.63) is 23.8 Å². The maximum absolute atomic E-state index is 9.57. The summed E-state index contributed by atoms with van der Waals surface area (Å²) in [6.45, 7) is 4.07. The Morgan fingerprint density at radius 2 is 1.41 bits per heavy atom. The zero-order valence-electron chi connectivity index (χ0n) is 15.1. The maximum Gasteiger partial charge on any atom is 0.275 e. The molecule has 3 heterocycles. The van der Waals surface area contributed by atoms with Gasteiger partial charge in [0.25, 0.3) is 5.95 Å². The molecule has 9 nitrogen and oxygen atoms in total. The van der Waals surface area contributed by atoms with E-state index in [4.69, 9.17) is 0 Å². The zero-order valence-corrected chi connectivity index (χ0v) is 15.1. The first-order chi connectivity index (χ1) is 13.2. The SMILES string of the molecule is Oc1ccc(CN=Nc2nc(N3CCCC3)nc(N3CCCC3)n2)cc1O. The van der Waals surface area contributed by atoms with Crippen LogP contribution in [0.2, 0.25) is 0 Å². The molecule has 0 atom stereocenters. The molecule has 2 N–H and O–H groups in total. The Hall–Kier alpha value is -2.97. The second kappa shape index (κ2) is 7.73. The highest BCUT2D eigenvalue weighted by Gasteiger charge is 2.21. The summed E-state index contributed by atoms with van der Waals surface area (Å²) < 4.78 is 0. The Morgan fingerprint density at radius 1 is 0.815 bits per heavy atom. The van der Waals surface area contributed by atoms with Crippen molar-refractivity contribution >= 4 is 17.8 Å². The Balaban J connectivity index is 1.55. The van der Waals surface area contributed by atoms with Crippen molar-refractivity contribution in [3.63, 3.8) is 0 Å². The molecule has 0 amide bonds. The Kier molecular flexibility index (Phi) is 4.99. The van der Waals surface area contributed by atoms with Crippen LogP contribution in [0.25, 0.3) is 0 Å². The monoisotopic (exact) mass is 369 g/mol. The van der Waals surface area contributed by atoms with E-state index in [0.717, 1.165) is 57.4 Å². The van der Waals surface area contributed by atoms with Gasteiger partial charge >= 0.3 is 0 Å². The molecule has 4 rings (SSSR count).